The molecule has 0 saturated carbocycles. The molecular weight excluding hydrogens is 501 g/mol. The molecule has 168 valence electrons. The van der Waals surface area contributed by atoms with Crippen molar-refractivity contribution >= 4 is 39.7 Å². The standard InChI is InChI=1S/C22H15BrFN3O6/c23-19-11-17(27(30)31)6-9-20(19)32-13-21(28)26-25-12-14-4-7-18(8-5-14)33-22(29)15-2-1-3-16(24)10-15/h1-12H,13H2,(H,26,28)/b25-12+. The Kier molecular flexibility index (Phi) is 7.82. The molecule has 3 aromatic rings. The maximum absolute atomic E-state index is 13.2. The second-order valence-corrected chi connectivity index (χ2v) is 7.28. The highest BCUT2D eigenvalue weighted by Gasteiger charge is 2.11. The molecule has 0 saturated heterocycles. The normalized spacial score (nSPS) is 10.6. The highest BCUT2D eigenvalue weighted by molar-refractivity contribution is 9.10. The third kappa shape index (κ3) is 6.94. The molecule has 11 heteroatoms. The molecule has 1 amide bonds. The summed E-state index contributed by atoms with van der Waals surface area (Å²) in [7, 11) is 0. The van der Waals surface area contributed by atoms with Crippen molar-refractivity contribution < 1.29 is 28.4 Å². The predicted octanol–water partition coefficient (Wildman–Crippen LogP) is 4.24. The van der Waals surface area contributed by atoms with Gasteiger partial charge in [-0.2, -0.15) is 5.10 Å². The molecule has 3 rings (SSSR count). The molecule has 0 aliphatic heterocycles. The van der Waals surface area contributed by atoms with Gasteiger partial charge in [-0.1, -0.05) is 6.07 Å². The van der Waals surface area contributed by atoms with Gasteiger partial charge >= 0.3 is 5.97 Å². The van der Waals surface area contributed by atoms with Gasteiger partial charge in [-0.25, -0.2) is 14.6 Å². The Morgan fingerprint density at radius 2 is 1.88 bits per heavy atom. The molecule has 0 unspecified atom stereocenters. The van der Waals surface area contributed by atoms with Gasteiger partial charge < -0.3 is 9.47 Å². The lowest BCUT2D eigenvalue weighted by Gasteiger charge is -2.07. The number of nitro groups is 1. The second-order valence-electron chi connectivity index (χ2n) is 6.42. The first-order valence-electron chi connectivity index (χ1n) is 9.28. The minimum Gasteiger partial charge on any atom is -0.483 e. The number of halogens is 2. The van der Waals surface area contributed by atoms with Gasteiger partial charge in [-0.15, -0.1) is 0 Å². The van der Waals surface area contributed by atoms with Gasteiger partial charge in [0.05, 0.1) is 21.2 Å². The molecule has 0 heterocycles. The topological polar surface area (TPSA) is 120 Å². The highest BCUT2D eigenvalue weighted by Crippen LogP contribution is 2.28. The number of rotatable bonds is 8. The molecule has 0 spiro atoms. The summed E-state index contributed by atoms with van der Waals surface area (Å²) in [6.45, 7) is -0.358. The lowest BCUT2D eigenvalue weighted by Crippen LogP contribution is -2.24. The van der Waals surface area contributed by atoms with Crippen LogP contribution in [0.4, 0.5) is 10.1 Å². The summed E-state index contributed by atoms with van der Waals surface area (Å²) in [5.74, 6) is -1.25. The number of hydrogen-bond acceptors (Lipinski definition) is 7. The Morgan fingerprint density at radius 1 is 1.12 bits per heavy atom. The van der Waals surface area contributed by atoms with E-state index in [9.17, 15) is 24.1 Å². The number of benzene rings is 3. The summed E-state index contributed by atoms with van der Waals surface area (Å²) in [6.07, 6.45) is 1.37. The summed E-state index contributed by atoms with van der Waals surface area (Å²) in [6, 6.07) is 15.3. The number of ether oxygens (including phenoxy) is 2. The van der Waals surface area contributed by atoms with Crippen LogP contribution in [0.15, 0.2) is 76.3 Å². The molecule has 0 aliphatic rings. The van der Waals surface area contributed by atoms with E-state index in [1.54, 1.807) is 12.1 Å². The fourth-order valence-electron chi connectivity index (χ4n) is 2.48. The SMILES string of the molecule is O=C(COc1ccc([N+](=O)[O-])cc1Br)N/N=C/c1ccc(OC(=O)c2cccc(F)c2)cc1. The van der Waals surface area contributed by atoms with Gasteiger partial charge in [-0.3, -0.25) is 14.9 Å². The molecule has 0 radical (unpaired) electrons. The summed E-state index contributed by atoms with van der Waals surface area (Å²) in [5.41, 5.74) is 2.87. The largest absolute Gasteiger partial charge is 0.483 e. The molecule has 3 aromatic carbocycles. The van der Waals surface area contributed by atoms with Gasteiger partial charge in [0.2, 0.25) is 0 Å². The fourth-order valence-corrected chi connectivity index (χ4v) is 2.96. The Hall–Kier alpha value is -4.12. The molecule has 0 bridgehead atoms. The van der Waals surface area contributed by atoms with Crippen molar-refractivity contribution in [3.8, 4) is 11.5 Å². The van der Waals surface area contributed by atoms with E-state index in [-0.39, 0.29) is 29.4 Å². The quantitative estimate of drug-likeness (QED) is 0.157. The zero-order valence-corrected chi connectivity index (χ0v) is 18.3. The second kappa shape index (κ2) is 11.0. The van der Waals surface area contributed by atoms with Crippen LogP contribution >= 0.6 is 15.9 Å². The number of nitro benzene ring substituents is 1. The molecule has 0 fully saturated rings. The number of carbonyl (C=O) groups is 2. The van der Waals surface area contributed by atoms with E-state index in [0.29, 0.717) is 10.0 Å². The number of esters is 1. The molecule has 0 aliphatic carbocycles. The lowest BCUT2D eigenvalue weighted by molar-refractivity contribution is -0.384. The van der Waals surface area contributed by atoms with Crippen LogP contribution < -0.4 is 14.9 Å². The summed E-state index contributed by atoms with van der Waals surface area (Å²) in [5, 5.41) is 14.5. The van der Waals surface area contributed by atoms with E-state index in [2.05, 4.69) is 26.5 Å². The van der Waals surface area contributed by atoms with E-state index < -0.39 is 22.6 Å². The Bertz CT molecular complexity index is 1220. The first-order valence-corrected chi connectivity index (χ1v) is 10.1. The number of carbonyl (C=O) groups excluding carboxylic acids is 2. The van der Waals surface area contributed by atoms with Crippen LogP contribution in [0.1, 0.15) is 15.9 Å². The molecule has 33 heavy (non-hydrogen) atoms. The van der Waals surface area contributed by atoms with Crippen LogP contribution in [0.25, 0.3) is 0 Å². The third-order valence-corrected chi connectivity index (χ3v) is 4.66. The van der Waals surface area contributed by atoms with Gasteiger partial charge in [0.15, 0.2) is 6.61 Å². The molecular formula is C22H15BrFN3O6. The van der Waals surface area contributed by atoms with Gasteiger partial charge in [-0.05, 0) is 70.0 Å². The van der Waals surface area contributed by atoms with Crippen LogP contribution in [-0.2, 0) is 4.79 Å². The first kappa shape index (κ1) is 23.5. The van der Waals surface area contributed by atoms with Crippen molar-refractivity contribution in [3.63, 3.8) is 0 Å². The van der Waals surface area contributed by atoms with E-state index in [0.717, 1.165) is 6.07 Å². The van der Waals surface area contributed by atoms with E-state index in [1.807, 2.05) is 0 Å². The minimum atomic E-state index is -0.692. The van der Waals surface area contributed by atoms with Crippen LogP contribution in [0.5, 0.6) is 11.5 Å². The van der Waals surface area contributed by atoms with Crippen LogP contribution in [0.2, 0.25) is 0 Å². The fraction of sp³-hybridized carbons (Fsp3) is 0.0455. The van der Waals surface area contributed by atoms with E-state index in [4.69, 9.17) is 9.47 Å². The van der Waals surface area contributed by atoms with Crippen LogP contribution in [0.3, 0.4) is 0 Å². The maximum atomic E-state index is 13.2. The molecule has 9 nitrogen and oxygen atoms in total. The van der Waals surface area contributed by atoms with Crippen molar-refractivity contribution in [1.29, 1.82) is 0 Å². The number of hydrazone groups is 1. The number of nitrogens with one attached hydrogen (secondary N) is 1. The Balaban J connectivity index is 1.47. The average Bonchev–Trinajstić information content (AvgIpc) is 2.79. The van der Waals surface area contributed by atoms with Crippen molar-refractivity contribution in [2.24, 2.45) is 5.10 Å². The molecule has 1 N–H and O–H groups in total. The van der Waals surface area contributed by atoms with Crippen LogP contribution in [-0.4, -0.2) is 29.6 Å². The first-order chi connectivity index (χ1) is 15.8. The summed E-state index contributed by atoms with van der Waals surface area (Å²) in [4.78, 5) is 34.1. The summed E-state index contributed by atoms with van der Waals surface area (Å²) < 4.78 is 24.0. The van der Waals surface area contributed by atoms with Gasteiger partial charge in [0, 0.05) is 12.1 Å². The van der Waals surface area contributed by atoms with E-state index >= 15 is 0 Å². The third-order valence-electron chi connectivity index (χ3n) is 4.04. The van der Waals surface area contributed by atoms with Crippen molar-refractivity contribution in [3.05, 3.63) is 98.3 Å². The predicted molar refractivity (Wildman–Crippen MR) is 120 cm³/mol. The smallest absolute Gasteiger partial charge is 0.343 e. The van der Waals surface area contributed by atoms with Gasteiger partial charge in [0.25, 0.3) is 11.6 Å². The lowest BCUT2D eigenvalue weighted by atomic mass is 10.2. The van der Waals surface area contributed by atoms with Crippen molar-refractivity contribution in [2.45, 2.75) is 0 Å². The monoisotopic (exact) mass is 515 g/mol. The van der Waals surface area contributed by atoms with Crippen LogP contribution in [0, 0.1) is 15.9 Å². The van der Waals surface area contributed by atoms with Crippen molar-refractivity contribution in [2.75, 3.05) is 6.61 Å². The number of hydrogen-bond donors (Lipinski definition) is 1. The Morgan fingerprint density at radius 3 is 2.55 bits per heavy atom. The summed E-state index contributed by atoms with van der Waals surface area (Å²) >= 11 is 3.15. The van der Waals surface area contributed by atoms with E-state index in [1.165, 1.54) is 54.7 Å². The average molecular weight is 516 g/mol. The highest BCUT2D eigenvalue weighted by atomic mass is 79.9. The zero-order chi connectivity index (χ0) is 23.8. The molecule has 0 aromatic heterocycles. The van der Waals surface area contributed by atoms with Gasteiger partial charge in [0.1, 0.15) is 17.3 Å². The molecule has 0 atom stereocenters. The minimum absolute atomic E-state index is 0.0892. The number of amides is 1. The number of non-ortho nitro benzene ring substituents is 1. The number of nitrogens with zero attached hydrogens (tertiary/aromatic N) is 2. The zero-order valence-electron chi connectivity index (χ0n) is 16.7. The van der Waals surface area contributed by atoms with Crippen molar-refractivity contribution in [1.82, 2.24) is 5.43 Å². The Labute approximate surface area is 195 Å². The maximum Gasteiger partial charge on any atom is 0.343 e.